The normalized spacial score (nSPS) is 15.8. The molecule has 1 saturated heterocycles. The second-order valence-corrected chi connectivity index (χ2v) is 7.11. The average Bonchev–Trinajstić information content (AvgIpc) is 3.08. The van der Waals surface area contributed by atoms with Crippen LogP contribution in [-0.4, -0.2) is 61.2 Å². The quantitative estimate of drug-likeness (QED) is 0.633. The Labute approximate surface area is 173 Å². The van der Waals surface area contributed by atoms with E-state index >= 15 is 0 Å². The van der Waals surface area contributed by atoms with Crippen molar-refractivity contribution >= 4 is 42.1 Å². The van der Waals surface area contributed by atoms with E-state index in [0.717, 1.165) is 50.6 Å². The van der Waals surface area contributed by atoms with Crippen molar-refractivity contribution in [2.24, 2.45) is 11.7 Å². The third kappa shape index (κ3) is 7.29. The van der Waals surface area contributed by atoms with Gasteiger partial charge in [0.2, 0.25) is 0 Å². The van der Waals surface area contributed by atoms with E-state index in [1.807, 2.05) is 5.38 Å². The van der Waals surface area contributed by atoms with Gasteiger partial charge in [0.1, 0.15) is 5.69 Å². The summed E-state index contributed by atoms with van der Waals surface area (Å²) in [6, 6.07) is 0.356. The molecule has 0 radical (unpaired) electrons. The molecule has 1 unspecified atom stereocenters. The fraction of sp³-hybridized carbons (Fsp3) is 0.765. The van der Waals surface area contributed by atoms with Crippen LogP contribution in [0.4, 0.5) is 0 Å². The number of halogens is 2. The van der Waals surface area contributed by atoms with Gasteiger partial charge in [0.25, 0.3) is 5.91 Å². The molecule has 0 saturated carbocycles. The first kappa shape index (κ1) is 25.6. The zero-order valence-corrected chi connectivity index (χ0v) is 18.1. The number of nitrogens with zero attached hydrogens (tertiary/aromatic N) is 2. The molecule has 1 fully saturated rings. The third-order valence-electron chi connectivity index (χ3n) is 4.72. The smallest absolute Gasteiger partial charge is 0.270 e. The molecule has 3 N–H and O–H groups in total. The summed E-state index contributed by atoms with van der Waals surface area (Å²) in [5.74, 6) is 0.491. The van der Waals surface area contributed by atoms with Gasteiger partial charge in [-0.15, -0.1) is 36.2 Å². The number of amides is 1. The number of nitrogens with one attached hydrogen (secondary N) is 1. The molecule has 26 heavy (non-hydrogen) atoms. The number of nitrogens with two attached hydrogens (primary N) is 1. The van der Waals surface area contributed by atoms with E-state index in [0.29, 0.717) is 30.7 Å². The van der Waals surface area contributed by atoms with Gasteiger partial charge in [-0.2, -0.15) is 0 Å². The Morgan fingerprint density at radius 2 is 2.00 bits per heavy atom. The lowest BCUT2D eigenvalue weighted by molar-refractivity contribution is 0.00190. The van der Waals surface area contributed by atoms with Crippen molar-refractivity contribution in [3.8, 4) is 0 Å². The fourth-order valence-electron chi connectivity index (χ4n) is 3.28. The van der Waals surface area contributed by atoms with Gasteiger partial charge in [-0.3, -0.25) is 9.69 Å². The molecule has 1 aliphatic rings. The van der Waals surface area contributed by atoms with Crippen LogP contribution in [0.25, 0.3) is 0 Å². The van der Waals surface area contributed by atoms with Gasteiger partial charge < -0.3 is 15.8 Å². The summed E-state index contributed by atoms with van der Waals surface area (Å²) in [5.41, 5.74) is 6.05. The van der Waals surface area contributed by atoms with Crippen LogP contribution in [0.15, 0.2) is 5.38 Å². The van der Waals surface area contributed by atoms with Crippen LogP contribution in [0.2, 0.25) is 0 Å². The Bertz CT molecular complexity index is 509. The van der Waals surface area contributed by atoms with Gasteiger partial charge in [0.15, 0.2) is 0 Å². The summed E-state index contributed by atoms with van der Waals surface area (Å²) in [6.07, 6.45) is 2.96. The maximum absolute atomic E-state index is 12.4. The molecular formula is C17H32Cl2N4O2S. The molecule has 0 aliphatic carbocycles. The Hall–Kier alpha value is -0.440. The van der Waals surface area contributed by atoms with E-state index in [1.54, 1.807) is 0 Å². The van der Waals surface area contributed by atoms with E-state index < -0.39 is 0 Å². The van der Waals surface area contributed by atoms with Crippen molar-refractivity contribution in [3.05, 3.63) is 16.1 Å². The molecular weight excluding hydrogens is 395 g/mol. The fourth-order valence-corrected chi connectivity index (χ4v) is 4.07. The minimum absolute atomic E-state index is 0. The van der Waals surface area contributed by atoms with Crippen LogP contribution < -0.4 is 11.1 Å². The lowest BCUT2D eigenvalue weighted by Crippen LogP contribution is -2.52. The molecule has 1 aromatic rings. The number of thiazole rings is 1. The number of hydrogen-bond acceptors (Lipinski definition) is 6. The van der Waals surface area contributed by atoms with Gasteiger partial charge in [-0.05, 0) is 12.5 Å². The first-order chi connectivity index (χ1) is 11.7. The first-order valence-electron chi connectivity index (χ1n) is 8.94. The summed E-state index contributed by atoms with van der Waals surface area (Å²) in [7, 11) is 0. The summed E-state index contributed by atoms with van der Waals surface area (Å²) < 4.78 is 5.47. The molecule has 2 heterocycles. The number of hydrogen-bond donors (Lipinski definition) is 2. The molecule has 0 bridgehead atoms. The molecule has 6 nitrogen and oxygen atoms in total. The second kappa shape index (κ2) is 13.7. The van der Waals surface area contributed by atoms with Crippen molar-refractivity contribution in [2.75, 3.05) is 39.4 Å². The van der Waals surface area contributed by atoms with E-state index in [2.05, 4.69) is 29.0 Å². The molecule has 1 atom stereocenters. The predicted molar refractivity (Wildman–Crippen MR) is 112 cm³/mol. The number of carbonyl (C=O) groups is 1. The molecule has 1 aromatic heterocycles. The van der Waals surface area contributed by atoms with Crippen LogP contribution in [0.3, 0.4) is 0 Å². The maximum atomic E-state index is 12.4. The average molecular weight is 427 g/mol. The van der Waals surface area contributed by atoms with E-state index in [9.17, 15) is 4.79 Å². The maximum Gasteiger partial charge on any atom is 0.270 e. The van der Waals surface area contributed by atoms with Gasteiger partial charge in [0, 0.05) is 37.5 Å². The van der Waals surface area contributed by atoms with E-state index in [-0.39, 0.29) is 30.7 Å². The highest BCUT2D eigenvalue weighted by Gasteiger charge is 2.27. The van der Waals surface area contributed by atoms with Gasteiger partial charge in [0.05, 0.1) is 18.2 Å². The highest BCUT2D eigenvalue weighted by atomic mass is 35.5. The molecule has 0 spiro atoms. The Balaban J connectivity index is 0.00000312. The molecule has 9 heteroatoms. The van der Waals surface area contributed by atoms with Crippen molar-refractivity contribution in [1.29, 1.82) is 0 Å². The van der Waals surface area contributed by atoms with Gasteiger partial charge >= 0.3 is 0 Å². The molecule has 2 rings (SSSR count). The molecule has 152 valence electrons. The number of ether oxygens (including phenoxy) is 1. The predicted octanol–water partition coefficient (Wildman–Crippen LogP) is 2.35. The topological polar surface area (TPSA) is 80.5 Å². The van der Waals surface area contributed by atoms with E-state index in [4.69, 9.17) is 10.5 Å². The highest BCUT2D eigenvalue weighted by molar-refractivity contribution is 7.09. The van der Waals surface area contributed by atoms with Crippen LogP contribution in [0.5, 0.6) is 0 Å². The third-order valence-corrected chi connectivity index (χ3v) is 5.63. The molecule has 1 amide bonds. The van der Waals surface area contributed by atoms with Crippen molar-refractivity contribution in [1.82, 2.24) is 15.2 Å². The Kier molecular flexibility index (Phi) is 13.5. The SMILES string of the molecule is CCC(CC)C(CNC(=O)c1csc(CCN)n1)N1CCOCC1.Cl.Cl. The lowest BCUT2D eigenvalue weighted by atomic mass is 9.92. The monoisotopic (exact) mass is 426 g/mol. The standard InChI is InChI=1S/C17H30N4O2S.2ClH/c1-3-13(4-2)15(21-7-9-23-10-8-21)11-19-17(22)14-12-24-16(20-14)5-6-18;;/h12-13,15H,3-11,18H2,1-2H3,(H,19,22);2*1H. The summed E-state index contributed by atoms with van der Waals surface area (Å²) in [4.78, 5) is 19.2. The number of carbonyl (C=O) groups excluding carboxylic acids is 1. The summed E-state index contributed by atoms with van der Waals surface area (Å²) >= 11 is 1.50. The van der Waals surface area contributed by atoms with Gasteiger partial charge in [-0.1, -0.05) is 26.7 Å². The van der Waals surface area contributed by atoms with Crippen LogP contribution >= 0.6 is 36.2 Å². The number of morpholine rings is 1. The van der Waals surface area contributed by atoms with Crippen molar-refractivity contribution in [3.63, 3.8) is 0 Å². The number of rotatable bonds is 9. The van der Waals surface area contributed by atoms with Gasteiger partial charge in [-0.25, -0.2) is 4.98 Å². The number of aromatic nitrogens is 1. The summed E-state index contributed by atoms with van der Waals surface area (Å²) in [5, 5.41) is 5.84. The van der Waals surface area contributed by atoms with Crippen LogP contribution in [0.1, 0.15) is 42.2 Å². The van der Waals surface area contributed by atoms with Crippen LogP contribution in [0, 0.1) is 5.92 Å². The summed E-state index contributed by atoms with van der Waals surface area (Å²) in [6.45, 7) is 9.10. The first-order valence-corrected chi connectivity index (χ1v) is 9.82. The lowest BCUT2D eigenvalue weighted by Gasteiger charge is -2.38. The second-order valence-electron chi connectivity index (χ2n) is 6.17. The largest absolute Gasteiger partial charge is 0.379 e. The zero-order valence-electron chi connectivity index (χ0n) is 15.6. The minimum Gasteiger partial charge on any atom is -0.379 e. The molecule has 0 aromatic carbocycles. The van der Waals surface area contributed by atoms with Crippen molar-refractivity contribution in [2.45, 2.75) is 39.2 Å². The minimum atomic E-state index is -0.0845. The molecule has 1 aliphatic heterocycles. The highest BCUT2D eigenvalue weighted by Crippen LogP contribution is 2.20. The zero-order chi connectivity index (χ0) is 17.4. The van der Waals surface area contributed by atoms with E-state index in [1.165, 1.54) is 11.3 Å². The Morgan fingerprint density at radius 1 is 1.35 bits per heavy atom. The van der Waals surface area contributed by atoms with Crippen LogP contribution in [-0.2, 0) is 11.2 Å². The Morgan fingerprint density at radius 3 is 2.58 bits per heavy atom. The van der Waals surface area contributed by atoms with Crippen molar-refractivity contribution < 1.29 is 9.53 Å².